The molecule has 98 valence electrons. The molecule has 1 N–H and O–H groups in total. The molecule has 18 heavy (non-hydrogen) atoms. The van der Waals surface area contributed by atoms with Crippen LogP contribution in [-0.4, -0.2) is 0 Å². The number of benzene rings is 1. The monoisotopic (exact) mass is 339 g/mol. The molecule has 0 fully saturated rings. The maximum absolute atomic E-state index is 11.4. The Morgan fingerprint density at radius 2 is 1.78 bits per heavy atom. The van der Waals surface area contributed by atoms with Crippen molar-refractivity contribution in [1.82, 2.24) is 0 Å². The van der Waals surface area contributed by atoms with Crippen molar-refractivity contribution >= 4 is 26.9 Å². The van der Waals surface area contributed by atoms with E-state index in [4.69, 9.17) is 23.1 Å². The third kappa shape index (κ3) is 5.08. The molecule has 0 amide bonds. The predicted molar refractivity (Wildman–Crippen MR) is 51.7 cm³/mol. The van der Waals surface area contributed by atoms with Crippen LogP contribution in [0.1, 0.15) is 5.89 Å². The van der Waals surface area contributed by atoms with Gasteiger partial charge in [-0.1, -0.05) is 28.1 Å². The summed E-state index contributed by atoms with van der Waals surface area (Å²) < 4.78 is 39.4. The van der Waals surface area contributed by atoms with E-state index in [2.05, 4.69) is 20.9 Å². The Hall–Kier alpha value is -1.03. The molecule has 0 atom stereocenters. The fourth-order valence-corrected chi connectivity index (χ4v) is 1.41. The third-order valence-corrected chi connectivity index (χ3v) is 2.25. The summed E-state index contributed by atoms with van der Waals surface area (Å²) in [5, 5.41) is 1.08. The fraction of sp³-hybridized carbons (Fsp3) is 0.111. The molecule has 0 bridgehead atoms. The molecule has 0 aliphatic heterocycles. The van der Waals surface area contributed by atoms with Gasteiger partial charge in [-0.25, -0.2) is 23.4 Å². The molecule has 9 heteroatoms. The Balaban J connectivity index is 0.000000280. The highest BCUT2D eigenvalue weighted by molar-refractivity contribution is 9.08. The standard InChI is InChI=1S/C9H6BrNO2.ClHO4/c10-5-8-11-9(12)6-3-1-2-4-7(6)13-8;2-1(3,4)5/h1-4H,5H2;(H,2,3,4,5). The average molecular weight is 341 g/mol. The van der Waals surface area contributed by atoms with Crippen LogP contribution in [0.5, 0.6) is 0 Å². The van der Waals surface area contributed by atoms with Gasteiger partial charge in [0.05, 0.1) is 0 Å². The summed E-state index contributed by atoms with van der Waals surface area (Å²) in [4.78, 5) is 14.1. The van der Waals surface area contributed by atoms with E-state index in [0.717, 1.165) is 0 Å². The first-order chi connectivity index (χ1) is 8.31. The molecule has 0 radical (unpaired) electrons. The minimum absolute atomic E-state index is 0.115. The lowest BCUT2D eigenvalue weighted by atomic mass is 10.2. The molecule has 2 aromatic rings. The van der Waals surface area contributed by atoms with Gasteiger partial charge in [-0.3, -0.25) is 0 Å². The van der Waals surface area contributed by atoms with E-state index in [1.165, 1.54) is 0 Å². The molecule has 2 rings (SSSR count). The summed E-state index contributed by atoms with van der Waals surface area (Å²) in [6.07, 6.45) is 0. The summed E-state index contributed by atoms with van der Waals surface area (Å²) in [7, 11) is -4.94. The number of rotatable bonds is 1. The summed E-state index contributed by atoms with van der Waals surface area (Å²) in [5.74, 6) is 0.531. The minimum Gasteiger partial charge on any atom is -0.407 e. The number of halogens is 2. The van der Waals surface area contributed by atoms with Crippen molar-refractivity contribution in [2.45, 2.75) is 5.33 Å². The van der Waals surface area contributed by atoms with Gasteiger partial charge in [0, 0.05) is 0 Å². The lowest BCUT2D eigenvalue weighted by Gasteiger charge is -2.17. The van der Waals surface area contributed by atoms with Crippen LogP contribution in [0.3, 0.4) is 0 Å². The van der Waals surface area contributed by atoms with Gasteiger partial charge in [0.25, 0.3) is 0 Å². The first-order valence-electron chi connectivity index (χ1n) is 4.43. The Morgan fingerprint density at radius 1 is 1.22 bits per heavy atom. The third-order valence-electron chi connectivity index (χ3n) is 1.74. The van der Waals surface area contributed by atoms with Crippen LogP contribution in [-0.2, 0) is 5.33 Å². The van der Waals surface area contributed by atoms with E-state index in [1.54, 1.807) is 18.2 Å². The number of aromatic amines is 1. The zero-order valence-corrected chi connectivity index (χ0v) is 11.1. The number of hydrogen-bond donors (Lipinski definition) is 0. The smallest absolute Gasteiger partial charge is 0.407 e. The molecular weight excluding hydrogens is 333 g/mol. The largest absolute Gasteiger partial charge is 0.424 e. The summed E-state index contributed by atoms with van der Waals surface area (Å²) in [5.41, 5.74) is 0.497. The Labute approximate surface area is 111 Å². The van der Waals surface area contributed by atoms with Gasteiger partial charge in [0.15, 0.2) is 5.58 Å². The first kappa shape index (κ1) is 15.0. The van der Waals surface area contributed by atoms with E-state index < -0.39 is 10.2 Å². The second-order valence-corrected chi connectivity index (χ2v) is 4.30. The average Bonchev–Trinajstić information content (AvgIpc) is 2.26. The van der Waals surface area contributed by atoms with Crippen LogP contribution < -0.4 is 29.2 Å². The summed E-state index contributed by atoms with van der Waals surface area (Å²) in [6.45, 7) is 0. The molecule has 1 aromatic heterocycles. The highest BCUT2D eigenvalue weighted by Crippen LogP contribution is 2.09. The molecule has 0 aliphatic carbocycles. The molecule has 1 heterocycles. The first-order valence-corrected chi connectivity index (χ1v) is 6.78. The van der Waals surface area contributed by atoms with Gasteiger partial charge in [0.2, 0.25) is 0 Å². The van der Waals surface area contributed by atoms with Gasteiger partial charge in [-0.05, 0) is 12.1 Å². The number of hydrogen-bond acceptors (Lipinski definition) is 6. The van der Waals surface area contributed by atoms with Crippen molar-refractivity contribution in [3.05, 3.63) is 40.5 Å². The number of aromatic nitrogens is 1. The highest BCUT2D eigenvalue weighted by Gasteiger charge is 2.09. The normalized spacial score (nSPS) is 10.9. The van der Waals surface area contributed by atoms with Gasteiger partial charge in [0.1, 0.15) is 10.7 Å². The van der Waals surface area contributed by atoms with E-state index >= 15 is 0 Å². The van der Waals surface area contributed by atoms with E-state index in [9.17, 15) is 4.79 Å². The lowest BCUT2D eigenvalue weighted by molar-refractivity contribution is -2.00. The molecule has 0 saturated carbocycles. The van der Waals surface area contributed by atoms with Crippen LogP contribution in [0, 0.1) is 10.2 Å². The molecule has 1 aromatic carbocycles. The summed E-state index contributed by atoms with van der Waals surface area (Å²) >= 11 is 3.21. The number of H-pyrrole nitrogens is 1. The minimum atomic E-state index is -4.94. The molecular formula is C9H7BrClNO6. The van der Waals surface area contributed by atoms with Gasteiger partial charge >= 0.3 is 11.4 Å². The van der Waals surface area contributed by atoms with E-state index in [0.29, 0.717) is 22.2 Å². The van der Waals surface area contributed by atoms with Crippen LogP contribution in [0.15, 0.2) is 33.5 Å². The fourth-order valence-electron chi connectivity index (χ4n) is 1.16. The quantitative estimate of drug-likeness (QED) is 0.500. The number of alkyl halides is 1. The Kier molecular flexibility index (Phi) is 5.20. The van der Waals surface area contributed by atoms with Gasteiger partial charge in [-0.15, -0.1) is 15.2 Å². The van der Waals surface area contributed by atoms with Crippen molar-refractivity contribution in [3.63, 3.8) is 0 Å². The van der Waals surface area contributed by atoms with Crippen LogP contribution in [0.2, 0.25) is 0 Å². The van der Waals surface area contributed by atoms with Crippen molar-refractivity contribution in [2.24, 2.45) is 0 Å². The maximum atomic E-state index is 11.4. The molecule has 0 unspecified atom stereocenters. The second kappa shape index (κ2) is 6.23. The molecule has 0 saturated heterocycles. The van der Waals surface area contributed by atoms with Gasteiger partial charge in [-0.2, -0.15) is 0 Å². The summed E-state index contributed by atoms with van der Waals surface area (Å²) in [6, 6.07) is 7.15. The maximum Gasteiger partial charge on any atom is 0.424 e. The van der Waals surface area contributed by atoms with Crippen LogP contribution >= 0.6 is 15.9 Å². The molecule has 0 aliphatic rings. The second-order valence-electron chi connectivity index (χ2n) is 2.99. The Morgan fingerprint density at radius 3 is 2.33 bits per heavy atom. The van der Waals surface area contributed by atoms with Crippen LogP contribution in [0.4, 0.5) is 0 Å². The topological polar surface area (TPSA) is 137 Å². The van der Waals surface area contributed by atoms with Crippen molar-refractivity contribution in [1.29, 1.82) is 0 Å². The highest BCUT2D eigenvalue weighted by atomic mass is 79.9. The lowest BCUT2D eigenvalue weighted by Crippen LogP contribution is -2.68. The van der Waals surface area contributed by atoms with E-state index in [1.807, 2.05) is 6.07 Å². The molecule has 7 nitrogen and oxygen atoms in total. The number of para-hydroxylation sites is 1. The van der Waals surface area contributed by atoms with Gasteiger partial charge < -0.3 is 4.42 Å². The van der Waals surface area contributed by atoms with Crippen molar-refractivity contribution in [3.8, 4) is 0 Å². The van der Waals surface area contributed by atoms with E-state index in [-0.39, 0.29) is 5.56 Å². The number of fused-ring (bicyclic) bond motifs is 1. The van der Waals surface area contributed by atoms with Crippen LogP contribution in [0.25, 0.3) is 11.0 Å². The number of nitrogens with one attached hydrogen (secondary N) is 1. The zero-order valence-electron chi connectivity index (χ0n) is 8.72. The van der Waals surface area contributed by atoms with Crippen molar-refractivity contribution in [2.75, 3.05) is 0 Å². The zero-order chi connectivity index (χ0) is 13.8. The Bertz CT molecular complexity index is 575. The SMILES string of the molecule is O=c1[nH+]c(CBr)oc2ccccc12.[O-][Cl+3]([O-])([O-])[O-]. The predicted octanol–water partition coefficient (Wildman–Crippen LogP) is -3.25. The van der Waals surface area contributed by atoms with Crippen molar-refractivity contribution < 1.29 is 38.3 Å². The molecule has 0 spiro atoms.